The van der Waals surface area contributed by atoms with Gasteiger partial charge in [0.25, 0.3) is 0 Å². The Bertz CT molecular complexity index is 549. The van der Waals surface area contributed by atoms with Gasteiger partial charge in [0, 0.05) is 0 Å². The van der Waals surface area contributed by atoms with Gasteiger partial charge in [-0.25, -0.2) is 8.42 Å². The lowest BCUT2D eigenvalue weighted by Gasteiger charge is -2.11. The molecule has 0 saturated heterocycles. The van der Waals surface area contributed by atoms with Crippen LogP contribution in [-0.4, -0.2) is 25.5 Å². The minimum atomic E-state index is -3.78. The molecule has 1 aromatic rings. The molecule has 0 aliphatic carbocycles. The minimum absolute atomic E-state index is 0.0823. The van der Waals surface area contributed by atoms with Gasteiger partial charge in [-0.1, -0.05) is 26.0 Å². The maximum absolute atomic E-state index is 11.9. The molecule has 0 unspecified atom stereocenters. The van der Waals surface area contributed by atoms with Crippen LogP contribution in [0.5, 0.6) is 0 Å². The number of hydrogen-bond acceptors (Lipinski definition) is 3. The Kier molecular flexibility index (Phi) is 5.71. The lowest BCUT2D eigenvalue weighted by atomic mass is 10.0. The van der Waals surface area contributed by atoms with E-state index >= 15 is 0 Å². The second kappa shape index (κ2) is 6.85. The van der Waals surface area contributed by atoms with Crippen molar-refractivity contribution in [3.8, 4) is 0 Å². The van der Waals surface area contributed by atoms with Crippen LogP contribution in [0, 0.1) is 5.92 Å². The fourth-order valence-corrected chi connectivity index (χ4v) is 2.84. The largest absolute Gasteiger partial charge is 0.480 e. The molecule has 112 valence electrons. The Hall–Kier alpha value is -1.40. The first-order chi connectivity index (χ1) is 9.22. The first-order valence-corrected chi connectivity index (χ1v) is 8.05. The van der Waals surface area contributed by atoms with E-state index in [1.165, 1.54) is 19.1 Å². The van der Waals surface area contributed by atoms with E-state index in [0.717, 1.165) is 18.4 Å². The molecule has 6 heteroatoms. The van der Waals surface area contributed by atoms with E-state index < -0.39 is 22.0 Å². The van der Waals surface area contributed by atoms with Gasteiger partial charge in [-0.3, -0.25) is 4.79 Å². The zero-order valence-electron chi connectivity index (χ0n) is 12.0. The third-order valence-corrected chi connectivity index (χ3v) is 4.50. The van der Waals surface area contributed by atoms with Gasteiger partial charge in [-0.15, -0.1) is 0 Å². The third kappa shape index (κ3) is 4.94. The van der Waals surface area contributed by atoms with Gasteiger partial charge in [0.15, 0.2) is 0 Å². The van der Waals surface area contributed by atoms with Crippen LogP contribution in [0.3, 0.4) is 0 Å². The molecule has 20 heavy (non-hydrogen) atoms. The van der Waals surface area contributed by atoms with E-state index in [1.54, 1.807) is 12.1 Å². The number of aliphatic carboxylic acids is 1. The lowest BCUT2D eigenvalue weighted by molar-refractivity contribution is -0.138. The molecule has 0 heterocycles. The molecule has 1 rings (SSSR count). The monoisotopic (exact) mass is 299 g/mol. The molecule has 0 amide bonds. The number of sulfonamides is 1. The third-order valence-electron chi connectivity index (χ3n) is 2.95. The average Bonchev–Trinajstić information content (AvgIpc) is 2.36. The van der Waals surface area contributed by atoms with E-state index in [2.05, 4.69) is 18.6 Å². The van der Waals surface area contributed by atoms with Gasteiger partial charge in [-0.2, -0.15) is 4.72 Å². The summed E-state index contributed by atoms with van der Waals surface area (Å²) in [5.41, 5.74) is 1.07. The van der Waals surface area contributed by atoms with Crippen LogP contribution >= 0.6 is 0 Å². The van der Waals surface area contributed by atoms with Gasteiger partial charge in [0.1, 0.15) is 6.04 Å². The Morgan fingerprint density at radius 2 is 1.75 bits per heavy atom. The number of carbonyl (C=O) groups is 1. The summed E-state index contributed by atoms with van der Waals surface area (Å²) in [6.07, 6.45) is 1.94. The van der Waals surface area contributed by atoms with E-state index in [0.29, 0.717) is 5.92 Å². The summed E-state index contributed by atoms with van der Waals surface area (Å²) in [6.45, 7) is 5.56. The Morgan fingerprint density at radius 3 is 2.20 bits per heavy atom. The molecule has 0 aliphatic rings. The van der Waals surface area contributed by atoms with Gasteiger partial charge in [-0.05, 0) is 43.4 Å². The predicted molar refractivity (Wildman–Crippen MR) is 77.0 cm³/mol. The van der Waals surface area contributed by atoms with Crippen molar-refractivity contribution in [2.75, 3.05) is 0 Å². The summed E-state index contributed by atoms with van der Waals surface area (Å²) in [4.78, 5) is 10.8. The number of carboxylic acid groups (broad SMARTS) is 1. The number of hydrogen-bond donors (Lipinski definition) is 2. The van der Waals surface area contributed by atoms with E-state index in [9.17, 15) is 13.2 Å². The fraction of sp³-hybridized carbons (Fsp3) is 0.500. The zero-order chi connectivity index (χ0) is 15.3. The van der Waals surface area contributed by atoms with Crippen molar-refractivity contribution in [2.24, 2.45) is 5.92 Å². The number of benzene rings is 1. The van der Waals surface area contributed by atoms with Gasteiger partial charge in [0.05, 0.1) is 4.90 Å². The summed E-state index contributed by atoms with van der Waals surface area (Å²) in [5, 5.41) is 8.73. The van der Waals surface area contributed by atoms with Crippen LogP contribution in [-0.2, 0) is 21.2 Å². The molecule has 2 N–H and O–H groups in total. The topological polar surface area (TPSA) is 83.5 Å². The highest BCUT2D eigenvalue weighted by molar-refractivity contribution is 7.89. The fourth-order valence-electron chi connectivity index (χ4n) is 1.64. The van der Waals surface area contributed by atoms with Crippen LogP contribution in [0.2, 0.25) is 0 Å². The molecule has 0 fully saturated rings. The normalized spacial score (nSPS) is 13.4. The second-order valence-corrected chi connectivity index (χ2v) is 6.97. The molecule has 0 spiro atoms. The first-order valence-electron chi connectivity index (χ1n) is 6.56. The highest BCUT2D eigenvalue weighted by atomic mass is 32.2. The van der Waals surface area contributed by atoms with Crippen molar-refractivity contribution in [3.63, 3.8) is 0 Å². The lowest BCUT2D eigenvalue weighted by Crippen LogP contribution is -2.38. The van der Waals surface area contributed by atoms with Crippen molar-refractivity contribution in [1.82, 2.24) is 4.72 Å². The molecular weight excluding hydrogens is 278 g/mol. The Balaban J connectivity index is 2.79. The summed E-state index contributed by atoms with van der Waals surface area (Å²) in [6, 6.07) is 5.39. The molecule has 5 nitrogen and oxygen atoms in total. The van der Waals surface area contributed by atoms with Crippen LogP contribution in [0.25, 0.3) is 0 Å². The van der Waals surface area contributed by atoms with E-state index in [1.807, 2.05) is 0 Å². The van der Waals surface area contributed by atoms with Crippen molar-refractivity contribution in [1.29, 1.82) is 0 Å². The highest BCUT2D eigenvalue weighted by Gasteiger charge is 2.21. The molecule has 0 radical (unpaired) electrons. The molecule has 0 aromatic heterocycles. The number of aryl methyl sites for hydroxylation is 1. The predicted octanol–water partition coefficient (Wildman–Crippen LogP) is 2.03. The van der Waals surface area contributed by atoms with E-state index in [-0.39, 0.29) is 4.90 Å². The summed E-state index contributed by atoms with van der Waals surface area (Å²) >= 11 is 0. The SMILES string of the molecule is CC(C)CCc1ccc(S(=O)(=O)N[C@@H](C)C(=O)O)cc1. The molecule has 0 aliphatic heterocycles. The van der Waals surface area contributed by atoms with Gasteiger partial charge in [0.2, 0.25) is 10.0 Å². The van der Waals surface area contributed by atoms with Crippen molar-refractivity contribution < 1.29 is 18.3 Å². The average molecular weight is 299 g/mol. The zero-order valence-corrected chi connectivity index (χ0v) is 12.8. The highest BCUT2D eigenvalue weighted by Crippen LogP contribution is 2.14. The van der Waals surface area contributed by atoms with Crippen molar-refractivity contribution in [3.05, 3.63) is 29.8 Å². The molecule has 1 atom stereocenters. The van der Waals surface area contributed by atoms with Crippen molar-refractivity contribution >= 4 is 16.0 Å². The molecule has 0 saturated carbocycles. The smallest absolute Gasteiger partial charge is 0.321 e. The Labute approximate surface area is 120 Å². The molecule has 0 bridgehead atoms. The van der Waals surface area contributed by atoms with Crippen LogP contribution in [0.4, 0.5) is 0 Å². The maximum Gasteiger partial charge on any atom is 0.321 e. The second-order valence-electron chi connectivity index (χ2n) is 5.26. The number of carboxylic acids is 1. The standard InChI is InChI=1S/C14H21NO4S/c1-10(2)4-5-12-6-8-13(9-7-12)20(18,19)15-11(3)14(16)17/h6-11,15H,4-5H2,1-3H3,(H,16,17)/t11-/m0/s1. The summed E-state index contributed by atoms with van der Waals surface area (Å²) in [7, 11) is -3.78. The quantitative estimate of drug-likeness (QED) is 0.807. The van der Waals surface area contributed by atoms with Gasteiger partial charge >= 0.3 is 5.97 Å². The Morgan fingerprint density at radius 1 is 1.20 bits per heavy atom. The first kappa shape index (κ1) is 16.7. The molecule has 1 aromatic carbocycles. The maximum atomic E-state index is 11.9. The molecular formula is C14H21NO4S. The van der Waals surface area contributed by atoms with E-state index in [4.69, 9.17) is 5.11 Å². The minimum Gasteiger partial charge on any atom is -0.480 e. The number of nitrogens with one attached hydrogen (secondary N) is 1. The van der Waals surface area contributed by atoms with Crippen LogP contribution < -0.4 is 4.72 Å². The van der Waals surface area contributed by atoms with Crippen LogP contribution in [0.15, 0.2) is 29.2 Å². The van der Waals surface area contributed by atoms with Gasteiger partial charge < -0.3 is 5.11 Å². The summed E-state index contributed by atoms with van der Waals surface area (Å²) < 4.78 is 26.0. The van der Waals surface area contributed by atoms with Crippen LogP contribution in [0.1, 0.15) is 32.8 Å². The number of rotatable bonds is 7. The summed E-state index contributed by atoms with van der Waals surface area (Å²) in [5.74, 6) is -0.612. The van der Waals surface area contributed by atoms with Crippen molar-refractivity contribution in [2.45, 2.75) is 44.6 Å².